The summed E-state index contributed by atoms with van der Waals surface area (Å²) in [5, 5.41) is 0. The highest BCUT2D eigenvalue weighted by molar-refractivity contribution is 5.25. The number of nitrogens with one attached hydrogen (secondary N) is 1. The fourth-order valence-corrected chi connectivity index (χ4v) is 3.72. The minimum Gasteiger partial charge on any atom is -1.00 e. The molecule has 0 aromatic heterocycles. The van der Waals surface area contributed by atoms with Gasteiger partial charge in [0, 0.05) is 5.56 Å². The lowest BCUT2D eigenvalue weighted by Gasteiger charge is -2.29. The van der Waals surface area contributed by atoms with Gasteiger partial charge < -0.3 is 17.3 Å². The Morgan fingerprint density at radius 3 is 2.08 bits per heavy atom. The summed E-state index contributed by atoms with van der Waals surface area (Å²) < 4.78 is 0. The van der Waals surface area contributed by atoms with E-state index >= 15 is 0 Å². The van der Waals surface area contributed by atoms with Crippen LogP contribution in [0.4, 0.5) is 0 Å². The van der Waals surface area contributed by atoms with Crippen molar-refractivity contribution in [2.45, 2.75) is 45.6 Å². The highest BCUT2D eigenvalue weighted by Gasteiger charge is 2.22. The molecular weight excluding hydrogens is 314 g/mol. The molecule has 24 heavy (non-hydrogen) atoms. The van der Waals surface area contributed by atoms with Crippen molar-refractivity contribution >= 4 is 0 Å². The Bertz CT molecular complexity index is 583. The number of likely N-dealkylation sites (tertiary alicyclic amines) is 1. The molecule has 1 saturated heterocycles. The summed E-state index contributed by atoms with van der Waals surface area (Å²) in [5.41, 5.74) is 4.45. The molecule has 130 valence electrons. The third-order valence-electron chi connectivity index (χ3n) is 5.28. The molecule has 1 nitrogen and oxygen atoms in total. The topological polar surface area (TPSA) is 4.44 Å². The van der Waals surface area contributed by atoms with Gasteiger partial charge in [0.25, 0.3) is 0 Å². The number of hydrogen-bond acceptors (Lipinski definition) is 0. The normalized spacial score (nSPS) is 20.6. The van der Waals surface area contributed by atoms with E-state index in [0.29, 0.717) is 5.92 Å². The van der Waals surface area contributed by atoms with Crippen LogP contribution in [0.2, 0.25) is 0 Å². The van der Waals surface area contributed by atoms with Gasteiger partial charge in [-0.3, -0.25) is 0 Å². The molecule has 1 fully saturated rings. The smallest absolute Gasteiger partial charge is 0.103 e. The fraction of sp³-hybridized carbons (Fsp3) is 0.455. The number of piperidine rings is 1. The highest BCUT2D eigenvalue weighted by Crippen LogP contribution is 2.20. The first kappa shape index (κ1) is 19.0. The van der Waals surface area contributed by atoms with E-state index < -0.39 is 0 Å². The quantitative estimate of drug-likeness (QED) is 0.821. The summed E-state index contributed by atoms with van der Waals surface area (Å²) in [6, 6.07) is 20.3. The molecule has 2 aromatic carbocycles. The van der Waals surface area contributed by atoms with Gasteiger partial charge >= 0.3 is 0 Å². The van der Waals surface area contributed by atoms with Crippen LogP contribution in [0, 0.1) is 5.92 Å². The summed E-state index contributed by atoms with van der Waals surface area (Å²) in [6.45, 7) is 8.37. The molecule has 1 N–H and O–H groups in total. The first-order valence-corrected chi connectivity index (χ1v) is 9.17. The summed E-state index contributed by atoms with van der Waals surface area (Å²) >= 11 is 0. The molecule has 0 saturated carbocycles. The van der Waals surface area contributed by atoms with Crippen molar-refractivity contribution in [2.75, 3.05) is 13.1 Å². The van der Waals surface area contributed by atoms with Crippen molar-refractivity contribution in [3.05, 3.63) is 71.3 Å². The zero-order chi connectivity index (χ0) is 16.1. The Hall–Kier alpha value is -1.31. The molecule has 0 aliphatic carbocycles. The third kappa shape index (κ3) is 5.36. The minimum absolute atomic E-state index is 0. The van der Waals surface area contributed by atoms with Crippen LogP contribution in [0.25, 0.3) is 0 Å². The van der Waals surface area contributed by atoms with Gasteiger partial charge in [-0.1, -0.05) is 68.4 Å². The van der Waals surface area contributed by atoms with Crippen LogP contribution in [0.5, 0.6) is 0 Å². The van der Waals surface area contributed by atoms with E-state index in [-0.39, 0.29) is 12.4 Å². The van der Waals surface area contributed by atoms with Crippen LogP contribution in [0.15, 0.2) is 54.6 Å². The average Bonchev–Trinajstić information content (AvgIpc) is 2.58. The minimum atomic E-state index is 0. The highest BCUT2D eigenvalue weighted by atomic mass is 35.5. The standard InChI is InChI=1S/C22H29N.ClH/c1-18(2)22-10-8-19(9-11-22)16-20-12-14-23(15-13-20)17-21-6-4-3-5-7-21;/h3-11,18,20H,12-17H2,1-2H3;1H. The van der Waals surface area contributed by atoms with Crippen LogP contribution in [0.1, 0.15) is 49.3 Å². The third-order valence-corrected chi connectivity index (χ3v) is 5.28. The predicted molar refractivity (Wildman–Crippen MR) is 97.8 cm³/mol. The Labute approximate surface area is 153 Å². The van der Waals surface area contributed by atoms with Crippen molar-refractivity contribution < 1.29 is 17.3 Å². The maximum Gasteiger partial charge on any atom is 0.103 e. The van der Waals surface area contributed by atoms with Gasteiger partial charge in [-0.25, -0.2) is 0 Å². The van der Waals surface area contributed by atoms with Gasteiger partial charge in [0.05, 0.1) is 13.1 Å². The Balaban J connectivity index is 0.00000208. The zero-order valence-electron chi connectivity index (χ0n) is 15.0. The van der Waals surface area contributed by atoms with E-state index in [2.05, 4.69) is 68.4 Å². The second-order valence-corrected chi connectivity index (χ2v) is 7.46. The van der Waals surface area contributed by atoms with Crippen molar-refractivity contribution in [2.24, 2.45) is 5.92 Å². The van der Waals surface area contributed by atoms with E-state index in [1.54, 1.807) is 4.90 Å². The Morgan fingerprint density at radius 1 is 0.875 bits per heavy atom. The second kappa shape index (κ2) is 9.25. The molecule has 1 aliphatic rings. The van der Waals surface area contributed by atoms with Crippen LogP contribution in [0.3, 0.4) is 0 Å². The van der Waals surface area contributed by atoms with Crippen molar-refractivity contribution in [1.29, 1.82) is 0 Å². The zero-order valence-corrected chi connectivity index (χ0v) is 15.7. The molecule has 2 aromatic rings. The lowest BCUT2D eigenvalue weighted by atomic mass is 9.89. The predicted octanol–water partition coefficient (Wildman–Crippen LogP) is 0.852. The number of benzene rings is 2. The van der Waals surface area contributed by atoms with Crippen LogP contribution in [-0.2, 0) is 13.0 Å². The number of hydrogen-bond donors (Lipinski definition) is 1. The van der Waals surface area contributed by atoms with Crippen molar-refractivity contribution in [1.82, 2.24) is 0 Å². The number of halogens is 1. The summed E-state index contributed by atoms with van der Waals surface area (Å²) in [5.74, 6) is 1.51. The molecule has 1 aliphatic heterocycles. The number of rotatable bonds is 5. The molecule has 0 amide bonds. The van der Waals surface area contributed by atoms with Crippen LogP contribution in [-0.4, -0.2) is 13.1 Å². The van der Waals surface area contributed by atoms with Crippen LogP contribution >= 0.6 is 0 Å². The molecule has 0 spiro atoms. The SMILES string of the molecule is CC(C)c1ccc(CC2CC[NH+](Cc3ccccc3)CC2)cc1.[Cl-]. The van der Waals surface area contributed by atoms with Gasteiger partial charge in [-0.2, -0.15) is 0 Å². The summed E-state index contributed by atoms with van der Waals surface area (Å²) in [7, 11) is 0. The Morgan fingerprint density at radius 2 is 1.50 bits per heavy atom. The fourth-order valence-electron chi connectivity index (χ4n) is 3.72. The molecule has 0 bridgehead atoms. The summed E-state index contributed by atoms with van der Waals surface area (Å²) in [4.78, 5) is 1.75. The lowest BCUT2D eigenvalue weighted by Crippen LogP contribution is -3.11. The van der Waals surface area contributed by atoms with Gasteiger partial charge in [0.2, 0.25) is 0 Å². The number of quaternary nitrogens is 1. The largest absolute Gasteiger partial charge is 1.00 e. The first-order chi connectivity index (χ1) is 11.2. The molecule has 0 atom stereocenters. The molecule has 2 heteroatoms. The lowest BCUT2D eigenvalue weighted by molar-refractivity contribution is -0.919. The van der Waals surface area contributed by atoms with Crippen molar-refractivity contribution in [3.63, 3.8) is 0 Å². The first-order valence-electron chi connectivity index (χ1n) is 9.17. The monoisotopic (exact) mass is 343 g/mol. The molecular formula is C22H30ClN. The average molecular weight is 344 g/mol. The molecule has 0 unspecified atom stereocenters. The molecule has 0 radical (unpaired) electrons. The van der Waals surface area contributed by atoms with Gasteiger partial charge in [0.1, 0.15) is 6.54 Å². The van der Waals surface area contributed by atoms with Crippen LogP contribution < -0.4 is 17.3 Å². The van der Waals surface area contributed by atoms with E-state index in [4.69, 9.17) is 0 Å². The molecule has 3 rings (SSSR count). The van der Waals surface area contributed by atoms with E-state index in [1.807, 2.05) is 0 Å². The van der Waals surface area contributed by atoms with Crippen molar-refractivity contribution in [3.8, 4) is 0 Å². The summed E-state index contributed by atoms with van der Waals surface area (Å²) in [6.07, 6.45) is 4.00. The van der Waals surface area contributed by atoms with Gasteiger partial charge in [0.15, 0.2) is 0 Å². The second-order valence-electron chi connectivity index (χ2n) is 7.46. The maximum absolute atomic E-state index is 2.35. The molecule has 1 heterocycles. The van der Waals surface area contributed by atoms with Gasteiger partial charge in [-0.05, 0) is 42.2 Å². The van der Waals surface area contributed by atoms with E-state index in [1.165, 1.54) is 55.6 Å². The maximum atomic E-state index is 2.35. The van der Waals surface area contributed by atoms with E-state index in [0.717, 1.165) is 5.92 Å². The van der Waals surface area contributed by atoms with Gasteiger partial charge in [-0.15, -0.1) is 0 Å². The van der Waals surface area contributed by atoms with E-state index in [9.17, 15) is 0 Å². The Kier molecular flexibility index (Phi) is 7.33.